The molecule has 1 unspecified atom stereocenters. The first-order chi connectivity index (χ1) is 16.2. The fourth-order valence-electron chi connectivity index (χ4n) is 4.25. The number of non-ortho nitro benzene ring substituents is 1. The molecular formula is C25H24N4O4S. The van der Waals surface area contributed by atoms with Crippen LogP contribution < -0.4 is 10.9 Å². The number of anilines is 1. The minimum Gasteiger partial charge on any atom is -0.300 e. The summed E-state index contributed by atoms with van der Waals surface area (Å²) in [6, 6.07) is 11.1. The van der Waals surface area contributed by atoms with Crippen LogP contribution in [-0.2, 0) is 4.79 Å². The Bertz CT molecular complexity index is 1490. The Morgan fingerprint density at radius 3 is 2.65 bits per heavy atom. The van der Waals surface area contributed by atoms with Crippen molar-refractivity contribution in [3.8, 4) is 11.3 Å². The number of hydrogen-bond acceptors (Lipinski definition) is 6. The van der Waals surface area contributed by atoms with Crippen LogP contribution in [0.5, 0.6) is 0 Å². The Morgan fingerprint density at radius 1 is 1.18 bits per heavy atom. The molecule has 0 aliphatic heterocycles. The van der Waals surface area contributed by atoms with Crippen molar-refractivity contribution in [2.75, 3.05) is 5.32 Å². The zero-order chi connectivity index (χ0) is 24.6. The summed E-state index contributed by atoms with van der Waals surface area (Å²) in [5.74, 6) is -0.338. The molecule has 0 spiro atoms. The van der Waals surface area contributed by atoms with Crippen LogP contribution in [0.3, 0.4) is 0 Å². The molecule has 2 aromatic heterocycles. The number of nitrogens with one attached hydrogen (secondary N) is 1. The lowest BCUT2D eigenvalue weighted by Gasteiger charge is -2.22. The normalized spacial score (nSPS) is 12.0. The fourth-order valence-corrected chi connectivity index (χ4v) is 4.97. The molecule has 4 aromatic rings. The highest BCUT2D eigenvalue weighted by Gasteiger charge is 2.24. The van der Waals surface area contributed by atoms with E-state index in [1.54, 1.807) is 28.1 Å². The van der Waals surface area contributed by atoms with E-state index in [0.29, 0.717) is 22.8 Å². The van der Waals surface area contributed by atoms with Crippen molar-refractivity contribution in [1.29, 1.82) is 0 Å². The van der Waals surface area contributed by atoms with Crippen molar-refractivity contribution >= 4 is 39.0 Å². The van der Waals surface area contributed by atoms with Crippen LogP contribution in [-0.4, -0.2) is 20.4 Å². The largest absolute Gasteiger partial charge is 0.300 e. The number of nitro benzene ring substituents is 1. The summed E-state index contributed by atoms with van der Waals surface area (Å²) in [6.45, 7) is 7.72. The van der Waals surface area contributed by atoms with Gasteiger partial charge in [-0.05, 0) is 44.4 Å². The van der Waals surface area contributed by atoms with Gasteiger partial charge in [-0.25, -0.2) is 4.98 Å². The van der Waals surface area contributed by atoms with Gasteiger partial charge in [-0.2, -0.15) is 0 Å². The molecular weight excluding hydrogens is 452 g/mol. The molecule has 0 aliphatic carbocycles. The van der Waals surface area contributed by atoms with Crippen molar-refractivity contribution in [3.05, 3.63) is 85.0 Å². The van der Waals surface area contributed by atoms with Crippen molar-refractivity contribution in [2.45, 2.75) is 40.2 Å². The summed E-state index contributed by atoms with van der Waals surface area (Å²) < 4.78 is 1.57. The lowest BCUT2D eigenvalue weighted by Crippen LogP contribution is -2.33. The van der Waals surface area contributed by atoms with Gasteiger partial charge in [-0.1, -0.05) is 30.7 Å². The quantitative estimate of drug-likeness (QED) is 0.290. The fraction of sp³-hybridized carbons (Fsp3) is 0.240. The molecule has 0 saturated carbocycles. The van der Waals surface area contributed by atoms with Crippen LogP contribution in [0.4, 0.5) is 10.8 Å². The van der Waals surface area contributed by atoms with Gasteiger partial charge in [-0.3, -0.25) is 24.3 Å². The summed E-state index contributed by atoms with van der Waals surface area (Å²) in [4.78, 5) is 41.4. The second-order valence-corrected chi connectivity index (χ2v) is 9.13. The van der Waals surface area contributed by atoms with Gasteiger partial charge in [0.2, 0.25) is 5.91 Å². The van der Waals surface area contributed by atoms with Crippen LogP contribution in [0, 0.1) is 30.9 Å². The molecule has 0 fully saturated rings. The molecule has 4 rings (SSSR count). The Kier molecular flexibility index (Phi) is 6.30. The third kappa shape index (κ3) is 4.34. The number of aryl methyl sites for hydroxylation is 3. The molecule has 0 saturated heterocycles. The van der Waals surface area contributed by atoms with Crippen molar-refractivity contribution in [2.24, 2.45) is 0 Å². The van der Waals surface area contributed by atoms with Crippen molar-refractivity contribution in [3.63, 3.8) is 0 Å². The van der Waals surface area contributed by atoms with E-state index < -0.39 is 11.0 Å². The van der Waals surface area contributed by atoms with Gasteiger partial charge < -0.3 is 5.32 Å². The average molecular weight is 477 g/mol. The van der Waals surface area contributed by atoms with Gasteiger partial charge in [0.15, 0.2) is 5.13 Å². The third-order valence-electron chi connectivity index (χ3n) is 5.78. The summed E-state index contributed by atoms with van der Waals surface area (Å²) in [5.41, 5.74) is 4.52. The first-order valence-corrected chi connectivity index (χ1v) is 11.7. The lowest BCUT2D eigenvalue weighted by atomic mass is 10.0. The molecule has 1 N–H and O–H groups in total. The molecule has 174 valence electrons. The topological polar surface area (TPSA) is 107 Å². The second kappa shape index (κ2) is 9.18. The molecule has 8 nitrogen and oxygen atoms in total. The number of nitrogens with zero attached hydrogens (tertiary/aromatic N) is 3. The van der Waals surface area contributed by atoms with Crippen LogP contribution in [0.1, 0.15) is 36.1 Å². The first kappa shape index (κ1) is 23.3. The number of nitro groups is 1. The minimum absolute atomic E-state index is 0.0293. The zero-order valence-corrected chi connectivity index (χ0v) is 20.1. The number of carbonyl (C=O) groups excluding carboxylic acids is 1. The lowest BCUT2D eigenvalue weighted by molar-refractivity contribution is -0.384. The molecule has 2 heterocycles. The number of rotatable bonds is 6. The molecule has 0 bridgehead atoms. The summed E-state index contributed by atoms with van der Waals surface area (Å²) in [5, 5.41) is 16.9. The van der Waals surface area contributed by atoms with Crippen molar-refractivity contribution in [1.82, 2.24) is 9.55 Å². The van der Waals surface area contributed by atoms with E-state index in [9.17, 15) is 19.7 Å². The van der Waals surface area contributed by atoms with Crippen LogP contribution >= 0.6 is 11.3 Å². The van der Waals surface area contributed by atoms with E-state index >= 15 is 0 Å². The zero-order valence-electron chi connectivity index (χ0n) is 19.3. The molecule has 2 aromatic carbocycles. The highest BCUT2D eigenvalue weighted by molar-refractivity contribution is 7.14. The maximum absolute atomic E-state index is 13.3. The maximum atomic E-state index is 13.3. The Labute approximate surface area is 200 Å². The molecule has 0 radical (unpaired) electrons. The number of pyridine rings is 1. The van der Waals surface area contributed by atoms with Gasteiger partial charge in [0, 0.05) is 34.5 Å². The number of thiazole rings is 1. The van der Waals surface area contributed by atoms with E-state index in [4.69, 9.17) is 0 Å². The highest BCUT2D eigenvalue weighted by Crippen LogP contribution is 2.29. The molecule has 34 heavy (non-hydrogen) atoms. The van der Waals surface area contributed by atoms with Gasteiger partial charge in [0.05, 0.1) is 16.1 Å². The van der Waals surface area contributed by atoms with Crippen LogP contribution in [0.25, 0.3) is 22.2 Å². The molecule has 0 aliphatic rings. The average Bonchev–Trinajstić information content (AvgIpc) is 3.25. The van der Waals surface area contributed by atoms with Gasteiger partial charge in [0.25, 0.3) is 11.2 Å². The molecule has 9 heteroatoms. The number of benzene rings is 2. The smallest absolute Gasteiger partial charge is 0.270 e. The number of aromatic nitrogens is 2. The van der Waals surface area contributed by atoms with E-state index in [2.05, 4.69) is 10.3 Å². The number of amides is 1. The predicted molar refractivity (Wildman–Crippen MR) is 135 cm³/mol. The Morgan fingerprint density at radius 2 is 1.94 bits per heavy atom. The summed E-state index contributed by atoms with van der Waals surface area (Å²) in [6.07, 6.45) is 0.417. The summed E-state index contributed by atoms with van der Waals surface area (Å²) in [7, 11) is 0. The summed E-state index contributed by atoms with van der Waals surface area (Å²) >= 11 is 1.23. The van der Waals surface area contributed by atoms with E-state index in [1.807, 2.05) is 39.8 Å². The van der Waals surface area contributed by atoms with Crippen molar-refractivity contribution < 1.29 is 9.72 Å². The van der Waals surface area contributed by atoms with E-state index in [1.165, 1.54) is 23.5 Å². The third-order valence-corrected chi connectivity index (χ3v) is 6.53. The standard InChI is InChI=1S/C25H24N4O4S/c1-5-21(28-22(30)11-15(3)19-10-14(2)9-16(4)23(19)28)24(31)27-25-26-20(13-34-25)17-7-6-8-18(12-17)29(32)33/h6-13,21H,5H2,1-4H3,(H,26,27,31). The van der Waals surface area contributed by atoms with E-state index in [0.717, 1.165) is 27.6 Å². The SMILES string of the molecule is CCC(C(=O)Nc1nc(-c2cccc([N+](=O)[O-])c2)cs1)n1c(=O)cc(C)c2cc(C)cc(C)c21. The minimum atomic E-state index is -0.720. The number of fused-ring (bicyclic) bond motifs is 1. The first-order valence-electron chi connectivity index (χ1n) is 10.8. The molecule has 1 atom stereocenters. The molecule has 1 amide bonds. The number of hydrogen-bond donors (Lipinski definition) is 1. The van der Waals surface area contributed by atoms with Crippen LogP contribution in [0.15, 0.2) is 52.6 Å². The maximum Gasteiger partial charge on any atom is 0.270 e. The van der Waals surface area contributed by atoms with Crippen LogP contribution in [0.2, 0.25) is 0 Å². The van der Waals surface area contributed by atoms with Gasteiger partial charge >= 0.3 is 0 Å². The monoisotopic (exact) mass is 476 g/mol. The van der Waals surface area contributed by atoms with Gasteiger partial charge in [0.1, 0.15) is 6.04 Å². The Hall–Kier alpha value is -3.85. The van der Waals surface area contributed by atoms with Gasteiger partial charge in [-0.15, -0.1) is 11.3 Å². The highest BCUT2D eigenvalue weighted by atomic mass is 32.1. The predicted octanol–water partition coefficient (Wildman–Crippen LogP) is 5.55. The second-order valence-electron chi connectivity index (χ2n) is 8.27. The Balaban J connectivity index is 1.68. The number of carbonyl (C=O) groups is 1. The van der Waals surface area contributed by atoms with E-state index in [-0.39, 0.29) is 17.2 Å².